The molecule has 2 rings (SSSR count). The first kappa shape index (κ1) is 48.6. The molecule has 0 saturated carbocycles. The van der Waals surface area contributed by atoms with E-state index in [1.54, 1.807) is 24.3 Å². The second kappa shape index (κ2) is 22.4. The van der Waals surface area contributed by atoms with Crippen LogP contribution in [0.4, 0.5) is 0 Å². The topological polar surface area (TPSA) is 107 Å². The van der Waals surface area contributed by atoms with Crippen molar-refractivity contribution in [1.82, 2.24) is 0 Å². The Morgan fingerprint density at radius 1 is 0.519 bits per heavy atom. The van der Waals surface area contributed by atoms with E-state index in [1.165, 1.54) is 6.07 Å². The molecular weight excluding hydrogens is 734 g/mol. The third-order valence-electron chi connectivity index (χ3n) is 12.0. The average molecular weight is 813 g/mol. The van der Waals surface area contributed by atoms with E-state index in [0.29, 0.717) is 10.9 Å². The molecule has 0 atom stereocenters. The first-order valence-electron chi connectivity index (χ1n) is 21.7. The first-order valence-corrected chi connectivity index (χ1v) is 29.0. The minimum atomic E-state index is -4.86. The number of fused-ring (bicyclic) bond motifs is 1. The fourth-order valence-electron chi connectivity index (χ4n) is 8.61. The molecule has 7 nitrogen and oxygen atoms in total. The molecule has 0 bridgehead atoms. The van der Waals surface area contributed by atoms with Gasteiger partial charge in [0.05, 0.1) is 0 Å². The summed E-state index contributed by atoms with van der Waals surface area (Å²) in [6, 6.07) is 7.98. The summed E-state index contributed by atoms with van der Waals surface area (Å²) in [5.74, 6) is -1.02. The van der Waals surface area contributed by atoms with Crippen LogP contribution in [0, 0.1) is 0 Å². The fraction of sp³-hybridized carbons (Fsp3) is 0.727. The first-order chi connectivity index (χ1) is 25.7. The van der Waals surface area contributed by atoms with Crippen molar-refractivity contribution >= 4 is 46.5 Å². The normalized spacial score (nSPS) is 13.9. The van der Waals surface area contributed by atoms with Gasteiger partial charge in [0.25, 0.3) is 0 Å². The molecule has 1 N–H and O–H groups in total. The zero-order chi connectivity index (χ0) is 40.4. The summed E-state index contributed by atoms with van der Waals surface area (Å²) in [5, 5.41) is 0.643. The van der Waals surface area contributed by atoms with Crippen LogP contribution in [0.3, 0.4) is 0 Å². The number of carbonyl (C=O) groups excluding carboxylic acids is 2. The van der Waals surface area contributed by atoms with Gasteiger partial charge < -0.3 is 0 Å². The Morgan fingerprint density at radius 2 is 0.852 bits per heavy atom. The van der Waals surface area contributed by atoms with Crippen LogP contribution < -0.4 is 0 Å². The maximum absolute atomic E-state index is 14.5. The second-order valence-electron chi connectivity index (χ2n) is 16.4. The Bertz CT molecular complexity index is 1500. The van der Waals surface area contributed by atoms with E-state index in [2.05, 4.69) is 55.4 Å². The minimum absolute atomic E-state index is 0.140. The number of hydrogen-bond donors (Lipinski definition) is 1. The number of rotatable bonds is 29. The Balaban J connectivity index is 2.78. The average Bonchev–Trinajstić information content (AvgIpc) is 3.16. The van der Waals surface area contributed by atoms with E-state index in [9.17, 15) is 22.6 Å². The molecule has 0 aliphatic rings. The number of unbranched alkanes of at least 4 members (excludes halogenated alkanes) is 8. The molecule has 0 aliphatic carbocycles. The summed E-state index contributed by atoms with van der Waals surface area (Å²) in [5.41, 5.74) is 0.218. The number of carbonyl (C=O) groups is 2. The monoisotopic (exact) mass is 812 g/mol. The van der Waals surface area contributed by atoms with Crippen molar-refractivity contribution in [2.45, 2.75) is 163 Å². The van der Waals surface area contributed by atoms with Crippen LogP contribution in [0.5, 0.6) is 0 Å². The van der Waals surface area contributed by atoms with E-state index in [4.69, 9.17) is 9.05 Å². The zero-order valence-electron chi connectivity index (χ0n) is 35.6. The van der Waals surface area contributed by atoms with E-state index in [0.717, 1.165) is 152 Å². The fourth-order valence-corrected chi connectivity index (χ4v) is 23.0. The van der Waals surface area contributed by atoms with Gasteiger partial charge in [-0.15, -0.1) is 0 Å². The third-order valence-corrected chi connectivity index (χ3v) is 25.9. The second-order valence-corrected chi connectivity index (χ2v) is 29.2. The van der Waals surface area contributed by atoms with Crippen molar-refractivity contribution in [3.63, 3.8) is 0 Å². The number of hydrogen-bond acceptors (Lipinski definition) is 6. The molecule has 0 saturated heterocycles. The summed E-state index contributed by atoms with van der Waals surface area (Å²) in [6.07, 6.45) is 23.1. The summed E-state index contributed by atoms with van der Waals surface area (Å²) in [6.45, 7) is 11.4. The molecule has 2 aromatic carbocycles. The molecule has 54 heavy (non-hydrogen) atoms. The summed E-state index contributed by atoms with van der Waals surface area (Å²) < 4.78 is 51.1. The van der Waals surface area contributed by atoms with Crippen molar-refractivity contribution < 1.29 is 31.6 Å². The van der Waals surface area contributed by atoms with Gasteiger partial charge >= 0.3 is 332 Å². The molecule has 312 valence electrons. The van der Waals surface area contributed by atoms with E-state index < -0.39 is 34.6 Å². The molecule has 0 spiro atoms. The maximum atomic E-state index is 14.5. The van der Waals surface area contributed by atoms with Crippen LogP contribution in [0.25, 0.3) is 10.8 Å². The molecule has 0 fully saturated rings. The SMILES string of the molecule is CCCCP(CCCC)(CCCC)(CCCC)OC(=O)c1ccc2c(S(=O)(=O)O)c(C(=O)OP(CCCC)(CCCC)(CCCC)CCCC)ccc2c1. The van der Waals surface area contributed by atoms with Crippen LogP contribution in [0.15, 0.2) is 35.2 Å². The molecule has 0 radical (unpaired) electrons. The van der Waals surface area contributed by atoms with E-state index in [-0.39, 0.29) is 16.9 Å². The van der Waals surface area contributed by atoms with Gasteiger partial charge in [-0.25, -0.2) is 0 Å². The van der Waals surface area contributed by atoms with Crippen molar-refractivity contribution in [1.29, 1.82) is 0 Å². The third kappa shape index (κ3) is 12.7. The Morgan fingerprint density at radius 3 is 1.17 bits per heavy atom. The van der Waals surface area contributed by atoms with Gasteiger partial charge in [0.1, 0.15) is 0 Å². The van der Waals surface area contributed by atoms with Gasteiger partial charge in [0.2, 0.25) is 0 Å². The van der Waals surface area contributed by atoms with Crippen LogP contribution in [0.1, 0.15) is 179 Å². The molecule has 10 heteroatoms. The van der Waals surface area contributed by atoms with Crippen molar-refractivity contribution in [3.8, 4) is 0 Å². The molecular formula is C44H78O7P2S. The van der Waals surface area contributed by atoms with Gasteiger partial charge in [-0.05, 0) is 0 Å². The van der Waals surface area contributed by atoms with Crippen LogP contribution in [-0.4, -0.2) is 74.2 Å². The Kier molecular flexibility index (Phi) is 20.1. The molecule has 0 heterocycles. The van der Waals surface area contributed by atoms with E-state index >= 15 is 0 Å². The molecule has 0 unspecified atom stereocenters. The van der Waals surface area contributed by atoms with Crippen molar-refractivity contribution in [2.75, 3.05) is 49.3 Å². The summed E-state index contributed by atoms with van der Waals surface area (Å²) in [4.78, 5) is 28.4. The van der Waals surface area contributed by atoms with Gasteiger partial charge in [0, 0.05) is 0 Å². The van der Waals surface area contributed by atoms with E-state index in [1.807, 2.05) is 0 Å². The quantitative estimate of drug-likeness (QED) is 0.0644. The molecule has 0 aromatic heterocycles. The number of benzene rings is 2. The van der Waals surface area contributed by atoms with Crippen molar-refractivity contribution in [3.05, 3.63) is 41.5 Å². The molecule has 0 aliphatic heterocycles. The van der Waals surface area contributed by atoms with Crippen molar-refractivity contribution in [2.24, 2.45) is 0 Å². The zero-order valence-corrected chi connectivity index (χ0v) is 38.2. The summed E-state index contributed by atoms with van der Waals surface area (Å²) >= 11 is 0. The van der Waals surface area contributed by atoms with Crippen LogP contribution in [-0.2, 0) is 19.2 Å². The predicted molar refractivity (Wildman–Crippen MR) is 237 cm³/mol. The van der Waals surface area contributed by atoms with Gasteiger partial charge in [-0.1, -0.05) is 0 Å². The van der Waals surface area contributed by atoms with Crippen LogP contribution >= 0.6 is 13.7 Å². The predicted octanol–water partition coefficient (Wildman–Crippen LogP) is 13.7. The van der Waals surface area contributed by atoms with Gasteiger partial charge in [0.15, 0.2) is 0 Å². The van der Waals surface area contributed by atoms with Gasteiger partial charge in [-0.3, -0.25) is 0 Å². The standard InChI is InChI=1S/C44H78O7P2S/c1-9-17-29-52(30-18-10-2,31-19-11-3,32-20-12-4)50-43(45)39-26-27-40-38(37-39)25-28-41(42(40)54(47,48)49)44(46)51-53(33-21-13-5,34-22-14-6,35-23-15-7)36-24-16-8/h25-28,37H,9-24,29-36H2,1-8H3,(H,47,48,49). The Hall–Kier alpha value is -1.59. The van der Waals surface area contributed by atoms with Gasteiger partial charge in [-0.2, -0.15) is 0 Å². The molecule has 2 aromatic rings. The molecule has 0 amide bonds. The Labute approximate surface area is 330 Å². The summed E-state index contributed by atoms with van der Waals surface area (Å²) in [7, 11) is -4.86. The van der Waals surface area contributed by atoms with Crippen LogP contribution in [0.2, 0.25) is 0 Å².